The maximum atomic E-state index is 12.7. The van der Waals surface area contributed by atoms with Crippen LogP contribution in [0.3, 0.4) is 0 Å². The number of urea groups is 1. The summed E-state index contributed by atoms with van der Waals surface area (Å²) < 4.78 is 1.96. The van der Waals surface area contributed by atoms with Crippen molar-refractivity contribution < 1.29 is 4.79 Å². The lowest BCUT2D eigenvalue weighted by Gasteiger charge is -2.24. The zero-order valence-electron chi connectivity index (χ0n) is 17.2. The monoisotopic (exact) mass is 380 g/mol. The number of benzene rings is 1. The number of aromatic amines is 1. The predicted octanol–water partition coefficient (Wildman–Crippen LogP) is 3.81. The number of aryl methyl sites for hydroxylation is 2. The fourth-order valence-corrected chi connectivity index (χ4v) is 3.28. The summed E-state index contributed by atoms with van der Waals surface area (Å²) >= 11 is 0. The molecular weight excluding hydrogens is 352 g/mol. The van der Waals surface area contributed by atoms with E-state index < -0.39 is 0 Å². The highest BCUT2D eigenvalue weighted by atomic mass is 16.2. The van der Waals surface area contributed by atoms with Gasteiger partial charge in [-0.05, 0) is 33.8 Å². The number of nitrogens with zero attached hydrogens (tertiary/aromatic N) is 4. The predicted molar refractivity (Wildman–Crippen MR) is 110 cm³/mol. The third-order valence-corrected chi connectivity index (χ3v) is 5.27. The first-order valence-corrected chi connectivity index (χ1v) is 9.56. The van der Waals surface area contributed by atoms with E-state index in [-0.39, 0.29) is 12.1 Å². The largest absolute Gasteiger partial charge is 0.334 e. The van der Waals surface area contributed by atoms with Gasteiger partial charge in [-0.1, -0.05) is 30.3 Å². The Morgan fingerprint density at radius 3 is 2.64 bits per heavy atom. The minimum atomic E-state index is -0.134. The second-order valence-corrected chi connectivity index (χ2v) is 6.99. The maximum absolute atomic E-state index is 12.7. The topological polar surface area (TPSA) is 78.8 Å². The number of aromatic nitrogens is 4. The first kappa shape index (κ1) is 19.7. The highest BCUT2D eigenvalue weighted by Crippen LogP contribution is 2.23. The Hall–Kier alpha value is -3.09. The van der Waals surface area contributed by atoms with E-state index in [0.717, 1.165) is 40.4 Å². The average Bonchev–Trinajstić information content (AvgIpc) is 3.31. The minimum absolute atomic E-state index is 0.133. The zero-order chi connectivity index (χ0) is 20.3. The van der Waals surface area contributed by atoms with Gasteiger partial charge in [0.1, 0.15) is 0 Å². The molecule has 7 heteroatoms. The van der Waals surface area contributed by atoms with Crippen molar-refractivity contribution in [2.45, 2.75) is 46.8 Å². The highest BCUT2D eigenvalue weighted by Gasteiger charge is 2.20. The van der Waals surface area contributed by atoms with Crippen LogP contribution in [0.4, 0.5) is 4.79 Å². The number of carbonyl (C=O) groups excluding carboxylic acids is 1. The number of amides is 2. The van der Waals surface area contributed by atoms with Gasteiger partial charge in [-0.25, -0.2) is 4.79 Å². The van der Waals surface area contributed by atoms with Gasteiger partial charge in [0.05, 0.1) is 23.1 Å². The number of carbonyl (C=O) groups is 1. The van der Waals surface area contributed by atoms with Gasteiger partial charge in [-0.15, -0.1) is 0 Å². The van der Waals surface area contributed by atoms with Crippen molar-refractivity contribution in [3.8, 4) is 11.3 Å². The van der Waals surface area contributed by atoms with Gasteiger partial charge in [0, 0.05) is 37.0 Å². The van der Waals surface area contributed by atoms with Gasteiger partial charge >= 0.3 is 6.03 Å². The molecule has 2 heterocycles. The van der Waals surface area contributed by atoms with Crippen LogP contribution in [0.15, 0.2) is 36.4 Å². The summed E-state index contributed by atoms with van der Waals surface area (Å²) in [4.78, 5) is 14.3. The summed E-state index contributed by atoms with van der Waals surface area (Å²) in [5, 5.41) is 15.0. The van der Waals surface area contributed by atoms with E-state index in [4.69, 9.17) is 0 Å². The molecule has 0 bridgehead atoms. The molecule has 1 unspecified atom stereocenters. The Labute approximate surface area is 165 Å². The Morgan fingerprint density at radius 1 is 1.29 bits per heavy atom. The van der Waals surface area contributed by atoms with E-state index in [1.165, 1.54) is 0 Å². The van der Waals surface area contributed by atoms with Crippen LogP contribution in [0.2, 0.25) is 0 Å². The first-order valence-electron chi connectivity index (χ1n) is 9.56. The zero-order valence-corrected chi connectivity index (χ0v) is 17.2. The molecule has 0 fully saturated rings. The molecule has 1 aromatic carbocycles. The SMILES string of the molecule is CCn1nc(C)c(CNC(=O)N(C)C(C)c2cc(-c3ccccc3)n[nH]2)c1C. The molecule has 0 aliphatic heterocycles. The molecule has 0 aliphatic carbocycles. The van der Waals surface area contributed by atoms with Crippen LogP contribution in [-0.4, -0.2) is 38.0 Å². The lowest BCUT2D eigenvalue weighted by Crippen LogP contribution is -2.38. The number of nitrogens with one attached hydrogen (secondary N) is 2. The van der Waals surface area contributed by atoms with Gasteiger partial charge in [0.25, 0.3) is 0 Å². The molecule has 0 aliphatic rings. The Bertz CT molecular complexity index is 943. The van der Waals surface area contributed by atoms with E-state index in [0.29, 0.717) is 6.54 Å². The Balaban J connectivity index is 1.65. The number of hydrogen-bond donors (Lipinski definition) is 2. The Morgan fingerprint density at radius 2 is 2.00 bits per heavy atom. The van der Waals surface area contributed by atoms with Gasteiger partial charge < -0.3 is 10.2 Å². The quantitative estimate of drug-likeness (QED) is 0.682. The molecule has 1 atom stereocenters. The van der Waals surface area contributed by atoms with Crippen LogP contribution in [0.5, 0.6) is 0 Å². The van der Waals surface area contributed by atoms with Gasteiger partial charge in [-0.3, -0.25) is 9.78 Å². The molecule has 0 spiro atoms. The van der Waals surface area contributed by atoms with Crippen LogP contribution in [0.25, 0.3) is 11.3 Å². The second-order valence-electron chi connectivity index (χ2n) is 6.99. The van der Waals surface area contributed by atoms with E-state index in [2.05, 4.69) is 27.5 Å². The Kier molecular flexibility index (Phi) is 5.82. The summed E-state index contributed by atoms with van der Waals surface area (Å²) in [6, 6.07) is 11.7. The minimum Gasteiger partial charge on any atom is -0.334 e. The fourth-order valence-electron chi connectivity index (χ4n) is 3.28. The molecule has 0 radical (unpaired) electrons. The third kappa shape index (κ3) is 3.93. The fraction of sp³-hybridized carbons (Fsp3) is 0.381. The lowest BCUT2D eigenvalue weighted by molar-refractivity contribution is 0.193. The summed E-state index contributed by atoms with van der Waals surface area (Å²) in [5.41, 5.74) is 5.93. The highest BCUT2D eigenvalue weighted by molar-refractivity contribution is 5.74. The van der Waals surface area contributed by atoms with Crippen molar-refractivity contribution in [2.75, 3.05) is 7.05 Å². The van der Waals surface area contributed by atoms with E-state index in [1.807, 2.05) is 61.9 Å². The third-order valence-electron chi connectivity index (χ3n) is 5.27. The van der Waals surface area contributed by atoms with Gasteiger partial charge in [-0.2, -0.15) is 10.2 Å². The van der Waals surface area contributed by atoms with Crippen LogP contribution >= 0.6 is 0 Å². The molecule has 3 rings (SSSR count). The number of H-pyrrole nitrogens is 1. The molecule has 28 heavy (non-hydrogen) atoms. The molecule has 0 saturated heterocycles. The summed E-state index contributed by atoms with van der Waals surface area (Å²) in [6.45, 7) is 9.33. The van der Waals surface area contributed by atoms with E-state index in [1.54, 1.807) is 11.9 Å². The molecular formula is C21H28N6O. The molecule has 2 N–H and O–H groups in total. The standard InChI is InChI=1S/C21H28N6O/c1-6-27-15(3)18(14(2)25-27)13-22-21(28)26(5)16(4)19-12-20(24-23-19)17-10-8-7-9-11-17/h7-12,16H,6,13H2,1-5H3,(H,22,28)(H,23,24). The van der Waals surface area contributed by atoms with Crippen LogP contribution in [0, 0.1) is 13.8 Å². The second kappa shape index (κ2) is 8.29. The van der Waals surface area contributed by atoms with Crippen molar-refractivity contribution in [3.63, 3.8) is 0 Å². The van der Waals surface area contributed by atoms with Crippen molar-refractivity contribution in [1.82, 2.24) is 30.2 Å². The van der Waals surface area contributed by atoms with Crippen LogP contribution in [0.1, 0.15) is 42.5 Å². The molecule has 2 amide bonds. The number of hydrogen-bond acceptors (Lipinski definition) is 3. The molecule has 7 nitrogen and oxygen atoms in total. The summed E-state index contributed by atoms with van der Waals surface area (Å²) in [6.07, 6.45) is 0. The van der Waals surface area contributed by atoms with Crippen LogP contribution in [-0.2, 0) is 13.1 Å². The smallest absolute Gasteiger partial charge is 0.317 e. The van der Waals surface area contributed by atoms with Crippen LogP contribution < -0.4 is 5.32 Å². The molecule has 2 aromatic heterocycles. The van der Waals surface area contributed by atoms with E-state index in [9.17, 15) is 4.79 Å². The lowest BCUT2D eigenvalue weighted by atomic mass is 10.1. The van der Waals surface area contributed by atoms with Gasteiger partial charge in [0.2, 0.25) is 0 Å². The van der Waals surface area contributed by atoms with Crippen molar-refractivity contribution in [3.05, 3.63) is 59.0 Å². The van der Waals surface area contributed by atoms with Crippen molar-refractivity contribution in [2.24, 2.45) is 0 Å². The van der Waals surface area contributed by atoms with Crippen molar-refractivity contribution >= 4 is 6.03 Å². The first-order chi connectivity index (χ1) is 13.4. The van der Waals surface area contributed by atoms with E-state index >= 15 is 0 Å². The van der Waals surface area contributed by atoms with Gasteiger partial charge in [0.15, 0.2) is 0 Å². The summed E-state index contributed by atoms with van der Waals surface area (Å²) in [7, 11) is 1.79. The molecule has 3 aromatic rings. The average molecular weight is 380 g/mol. The number of rotatable bonds is 6. The van der Waals surface area contributed by atoms with Crippen molar-refractivity contribution in [1.29, 1.82) is 0 Å². The summed E-state index contributed by atoms with van der Waals surface area (Å²) in [5.74, 6) is 0. The normalized spacial score (nSPS) is 12.0. The molecule has 0 saturated carbocycles. The maximum Gasteiger partial charge on any atom is 0.317 e. The molecule has 148 valence electrons.